The molecule has 6 nitrogen and oxygen atoms in total. The Morgan fingerprint density at radius 2 is 1.46 bits per heavy atom. The predicted molar refractivity (Wildman–Crippen MR) is 87.5 cm³/mol. The predicted octanol–water partition coefficient (Wildman–Crippen LogP) is 2.02. The maximum Gasteiger partial charge on any atom is 0.332 e. The Labute approximate surface area is 140 Å². The molecule has 0 bridgehead atoms. The molecule has 2 N–H and O–H groups in total. The fraction of sp³-hybridized carbons (Fsp3) is 0.222. The summed E-state index contributed by atoms with van der Waals surface area (Å²) >= 11 is 0. The zero-order chi connectivity index (χ0) is 17.6. The summed E-state index contributed by atoms with van der Waals surface area (Å²) in [4.78, 5) is 24.2. The first kappa shape index (κ1) is 17.7. The Morgan fingerprint density at radius 3 is 1.92 bits per heavy atom. The number of benzene rings is 2. The van der Waals surface area contributed by atoms with Gasteiger partial charge in [0.1, 0.15) is 0 Å². The molecule has 6 heteroatoms. The average molecular weight is 329 g/mol. The third-order valence-electron chi connectivity index (χ3n) is 3.72. The van der Waals surface area contributed by atoms with Gasteiger partial charge in [-0.1, -0.05) is 48.5 Å². The molecule has 0 aliphatic rings. The van der Waals surface area contributed by atoms with Gasteiger partial charge in [-0.3, -0.25) is 4.79 Å². The number of nitrogens with one attached hydrogen (secondary N) is 1. The molecule has 0 heterocycles. The molecule has 2 aromatic rings. The van der Waals surface area contributed by atoms with E-state index < -0.39 is 23.7 Å². The summed E-state index contributed by atoms with van der Waals surface area (Å²) in [6.07, 6.45) is 0. The highest BCUT2D eigenvalue weighted by Crippen LogP contribution is 2.30. The van der Waals surface area contributed by atoms with Gasteiger partial charge in [0.2, 0.25) is 5.79 Å². The first-order valence-electron chi connectivity index (χ1n) is 7.29. The molecule has 0 saturated heterocycles. The summed E-state index contributed by atoms with van der Waals surface area (Å²) in [5.41, 5.74) is 0.827. The lowest BCUT2D eigenvalue weighted by molar-refractivity contribution is -0.235. The number of methoxy groups -OCH3 is 2. The van der Waals surface area contributed by atoms with Crippen LogP contribution >= 0.6 is 0 Å². The van der Waals surface area contributed by atoms with E-state index in [1.54, 1.807) is 60.7 Å². The smallest absolute Gasteiger partial charge is 0.332 e. The molecule has 0 fully saturated rings. The Hall–Kier alpha value is -2.70. The van der Waals surface area contributed by atoms with Gasteiger partial charge in [-0.15, -0.1) is 0 Å². The molecular formula is C18H19NO5. The van der Waals surface area contributed by atoms with Crippen LogP contribution < -0.4 is 5.32 Å². The third kappa shape index (κ3) is 3.45. The minimum Gasteiger partial charge on any atom is -0.480 e. The van der Waals surface area contributed by atoms with E-state index in [2.05, 4.69) is 5.32 Å². The number of carbonyl (C=O) groups excluding carboxylic acids is 1. The van der Waals surface area contributed by atoms with Crippen molar-refractivity contribution in [3.8, 4) is 0 Å². The Morgan fingerprint density at radius 1 is 0.958 bits per heavy atom. The van der Waals surface area contributed by atoms with Gasteiger partial charge in [0.25, 0.3) is 5.91 Å². The molecule has 1 unspecified atom stereocenters. The van der Waals surface area contributed by atoms with E-state index in [-0.39, 0.29) is 0 Å². The van der Waals surface area contributed by atoms with Gasteiger partial charge in [0.15, 0.2) is 6.04 Å². The van der Waals surface area contributed by atoms with E-state index in [9.17, 15) is 14.7 Å². The van der Waals surface area contributed by atoms with Crippen LogP contribution in [0.5, 0.6) is 0 Å². The molecule has 1 atom stereocenters. The zero-order valence-electron chi connectivity index (χ0n) is 13.4. The molecule has 0 spiro atoms. The van der Waals surface area contributed by atoms with E-state index in [0.29, 0.717) is 11.1 Å². The van der Waals surface area contributed by atoms with E-state index in [0.717, 1.165) is 0 Å². The molecule has 2 aromatic carbocycles. The van der Waals surface area contributed by atoms with Crippen LogP contribution in [0.3, 0.4) is 0 Å². The number of ether oxygens (including phenoxy) is 2. The van der Waals surface area contributed by atoms with Gasteiger partial charge in [-0.25, -0.2) is 4.79 Å². The minimum absolute atomic E-state index is 0.345. The zero-order valence-corrected chi connectivity index (χ0v) is 13.4. The summed E-state index contributed by atoms with van der Waals surface area (Å²) in [5.74, 6) is -3.46. The highest BCUT2D eigenvalue weighted by molar-refractivity contribution is 5.96. The molecule has 1 amide bonds. The van der Waals surface area contributed by atoms with E-state index in [1.165, 1.54) is 14.2 Å². The van der Waals surface area contributed by atoms with Gasteiger partial charge in [-0.05, 0) is 12.1 Å². The van der Waals surface area contributed by atoms with Crippen molar-refractivity contribution in [3.63, 3.8) is 0 Å². The molecule has 0 saturated carbocycles. The Bertz CT molecular complexity index is 683. The van der Waals surface area contributed by atoms with Gasteiger partial charge < -0.3 is 19.9 Å². The Kier molecular flexibility index (Phi) is 5.68. The summed E-state index contributed by atoms with van der Waals surface area (Å²) in [7, 11) is 2.67. The molecule has 0 aliphatic carbocycles. The van der Waals surface area contributed by atoms with E-state index in [1.807, 2.05) is 0 Å². The number of rotatable bonds is 7. The second-order valence-electron chi connectivity index (χ2n) is 5.05. The fourth-order valence-electron chi connectivity index (χ4n) is 2.52. The van der Waals surface area contributed by atoms with Gasteiger partial charge >= 0.3 is 5.97 Å². The maximum absolute atomic E-state index is 12.4. The normalized spacial score (nSPS) is 12.4. The minimum atomic E-state index is -1.66. The topological polar surface area (TPSA) is 84.9 Å². The van der Waals surface area contributed by atoms with Crippen LogP contribution in [0.15, 0.2) is 60.7 Å². The van der Waals surface area contributed by atoms with E-state index >= 15 is 0 Å². The highest BCUT2D eigenvalue weighted by Gasteiger charge is 2.47. The molecule has 2 rings (SSSR count). The molecule has 0 aromatic heterocycles. The van der Waals surface area contributed by atoms with E-state index in [4.69, 9.17) is 9.47 Å². The number of carboxylic acid groups (broad SMARTS) is 1. The number of carbonyl (C=O) groups is 2. The van der Waals surface area contributed by atoms with Gasteiger partial charge in [0.05, 0.1) is 0 Å². The molecule has 0 radical (unpaired) electrons. The van der Waals surface area contributed by atoms with Crippen LogP contribution in [0.4, 0.5) is 0 Å². The lowest BCUT2D eigenvalue weighted by Crippen LogP contribution is -2.57. The van der Waals surface area contributed by atoms with Crippen LogP contribution in [-0.2, 0) is 20.1 Å². The largest absolute Gasteiger partial charge is 0.480 e. The van der Waals surface area contributed by atoms with Crippen molar-refractivity contribution in [2.24, 2.45) is 0 Å². The molecule has 24 heavy (non-hydrogen) atoms. The molecule has 126 valence electrons. The number of hydrogen-bond acceptors (Lipinski definition) is 4. The average Bonchev–Trinajstić information content (AvgIpc) is 2.63. The van der Waals surface area contributed by atoms with Crippen molar-refractivity contribution in [2.45, 2.75) is 11.8 Å². The highest BCUT2D eigenvalue weighted by atomic mass is 16.7. The van der Waals surface area contributed by atoms with Crippen molar-refractivity contribution in [1.82, 2.24) is 5.32 Å². The van der Waals surface area contributed by atoms with Crippen LogP contribution in [0.1, 0.15) is 15.9 Å². The summed E-state index contributed by atoms with van der Waals surface area (Å²) in [5, 5.41) is 12.1. The van der Waals surface area contributed by atoms with Crippen molar-refractivity contribution < 1.29 is 24.2 Å². The lowest BCUT2D eigenvalue weighted by Gasteiger charge is -2.36. The number of aliphatic carboxylic acids is 1. The summed E-state index contributed by atoms with van der Waals surface area (Å²) in [6, 6.07) is 15.5. The van der Waals surface area contributed by atoms with Crippen molar-refractivity contribution >= 4 is 11.9 Å². The molecular weight excluding hydrogens is 310 g/mol. The maximum atomic E-state index is 12.4. The summed E-state index contributed by atoms with van der Waals surface area (Å²) in [6.45, 7) is 0. The first-order valence-corrected chi connectivity index (χ1v) is 7.29. The van der Waals surface area contributed by atoms with Crippen LogP contribution in [-0.4, -0.2) is 37.2 Å². The first-order chi connectivity index (χ1) is 11.5. The van der Waals surface area contributed by atoms with Crippen LogP contribution in [0, 0.1) is 0 Å². The fourth-order valence-corrected chi connectivity index (χ4v) is 2.52. The van der Waals surface area contributed by atoms with Crippen molar-refractivity contribution in [2.75, 3.05) is 14.2 Å². The van der Waals surface area contributed by atoms with Crippen molar-refractivity contribution in [1.29, 1.82) is 0 Å². The monoisotopic (exact) mass is 329 g/mol. The summed E-state index contributed by atoms with van der Waals surface area (Å²) < 4.78 is 10.8. The van der Waals surface area contributed by atoms with Gasteiger partial charge in [-0.2, -0.15) is 0 Å². The standard InChI is InChI=1S/C18H19NO5/c1-23-18(24-2,14-11-7-4-8-12-14)15(17(21)22)19-16(20)13-9-5-3-6-10-13/h3-12,15H,1-2H3,(H,19,20)(H,21,22). The quantitative estimate of drug-likeness (QED) is 0.759. The van der Waals surface area contributed by atoms with Crippen LogP contribution in [0.2, 0.25) is 0 Å². The van der Waals surface area contributed by atoms with Gasteiger partial charge in [0, 0.05) is 25.3 Å². The SMILES string of the molecule is COC(OC)(c1ccccc1)C(NC(=O)c1ccccc1)C(=O)O. The second-order valence-corrected chi connectivity index (χ2v) is 5.05. The van der Waals surface area contributed by atoms with Crippen LogP contribution in [0.25, 0.3) is 0 Å². The Balaban J connectivity index is 2.40. The molecule has 0 aliphatic heterocycles. The number of carboxylic acids is 1. The second kappa shape index (κ2) is 7.72. The number of hydrogen-bond donors (Lipinski definition) is 2. The number of amides is 1. The lowest BCUT2D eigenvalue weighted by atomic mass is 9.97. The van der Waals surface area contributed by atoms with Crippen molar-refractivity contribution in [3.05, 3.63) is 71.8 Å². The third-order valence-corrected chi connectivity index (χ3v) is 3.72.